The third-order valence-electron chi connectivity index (χ3n) is 6.34. The number of carbonyl (C=O) groups excluding carboxylic acids is 2. The first-order valence-electron chi connectivity index (χ1n) is 11.7. The van der Waals surface area contributed by atoms with Gasteiger partial charge in [0.2, 0.25) is 0 Å². The predicted octanol–water partition coefficient (Wildman–Crippen LogP) is 4.96. The average Bonchev–Trinajstić information content (AvgIpc) is 3.40. The van der Waals surface area contributed by atoms with Crippen LogP contribution >= 0.6 is 0 Å². The number of hydrogen-bond donors (Lipinski definition) is 3. The first kappa shape index (κ1) is 22.1. The molecular formula is C26H32N4O2. The second-order valence-electron chi connectivity index (χ2n) is 8.76. The lowest BCUT2D eigenvalue weighted by Gasteiger charge is -2.24. The minimum Gasteiger partial charge on any atom is -0.361 e. The summed E-state index contributed by atoms with van der Waals surface area (Å²) in [6.07, 6.45) is 11.6. The van der Waals surface area contributed by atoms with Gasteiger partial charge in [-0.15, -0.1) is 0 Å². The topological polar surface area (TPSA) is 86.3 Å². The fraction of sp³-hybridized carbons (Fsp3) is 0.423. The van der Waals surface area contributed by atoms with Crippen molar-refractivity contribution in [1.82, 2.24) is 10.3 Å². The Hall–Kier alpha value is -3.15. The molecule has 3 N–H and O–H groups in total. The summed E-state index contributed by atoms with van der Waals surface area (Å²) in [5, 5.41) is 6.75. The average molecular weight is 433 g/mol. The van der Waals surface area contributed by atoms with Crippen LogP contribution in [0.5, 0.6) is 0 Å². The van der Waals surface area contributed by atoms with Crippen molar-refractivity contribution in [1.29, 1.82) is 0 Å². The van der Waals surface area contributed by atoms with Crippen LogP contribution in [0.3, 0.4) is 0 Å². The van der Waals surface area contributed by atoms with Crippen LogP contribution in [0, 0.1) is 0 Å². The zero-order valence-electron chi connectivity index (χ0n) is 19.0. The summed E-state index contributed by atoms with van der Waals surface area (Å²) in [5.74, 6) is -1.37. The number of allylic oxidation sites excluding steroid dienone is 1. The molecule has 0 fully saturated rings. The number of anilines is 1. The quantitative estimate of drug-likeness (QED) is 0.386. The number of hydrogen-bond acceptors (Lipinski definition) is 4. The number of fused-ring (bicyclic) bond motifs is 2. The molecule has 2 heterocycles. The summed E-state index contributed by atoms with van der Waals surface area (Å²) in [6.45, 7) is 8.14. The van der Waals surface area contributed by atoms with E-state index in [1.165, 1.54) is 22.3 Å². The van der Waals surface area contributed by atoms with Crippen molar-refractivity contribution in [2.45, 2.75) is 71.4 Å². The molecule has 32 heavy (non-hydrogen) atoms. The third kappa shape index (κ3) is 4.54. The van der Waals surface area contributed by atoms with E-state index in [0.29, 0.717) is 5.69 Å². The molecule has 0 saturated heterocycles. The molecule has 1 aromatic carbocycles. The number of aromatic nitrogens is 1. The van der Waals surface area contributed by atoms with Crippen molar-refractivity contribution >= 4 is 34.5 Å². The minimum absolute atomic E-state index is 0.0696. The van der Waals surface area contributed by atoms with Crippen molar-refractivity contribution in [3.05, 3.63) is 52.9 Å². The Balaban J connectivity index is 1.39. The Bertz CT molecular complexity index is 1120. The largest absolute Gasteiger partial charge is 0.361 e. The Morgan fingerprint density at radius 3 is 2.66 bits per heavy atom. The number of aryl methyl sites for hydroxylation is 2. The number of nitrogens with one attached hydrogen (secondary N) is 3. The first-order chi connectivity index (χ1) is 15.5. The van der Waals surface area contributed by atoms with E-state index < -0.39 is 11.7 Å². The number of H-pyrrole nitrogens is 1. The second kappa shape index (κ2) is 9.55. The van der Waals surface area contributed by atoms with Gasteiger partial charge in [-0.1, -0.05) is 38.8 Å². The third-order valence-corrected chi connectivity index (χ3v) is 6.34. The molecule has 1 aliphatic carbocycles. The molecule has 0 bridgehead atoms. The highest BCUT2D eigenvalue weighted by Gasteiger charge is 2.23. The number of aliphatic imine (C=N–C) groups is 1. The van der Waals surface area contributed by atoms with Crippen LogP contribution in [-0.2, 0) is 22.4 Å². The van der Waals surface area contributed by atoms with Crippen molar-refractivity contribution in [2.24, 2.45) is 4.99 Å². The summed E-state index contributed by atoms with van der Waals surface area (Å²) in [7, 11) is 0. The van der Waals surface area contributed by atoms with Crippen LogP contribution < -0.4 is 10.6 Å². The fourth-order valence-corrected chi connectivity index (χ4v) is 4.73. The van der Waals surface area contributed by atoms with Crippen LogP contribution in [0.25, 0.3) is 10.9 Å². The standard InChI is InChI=1S/C26H32N4O2/c1-4-7-17-13-24(28-14-20(17)8-5-2)29-16(3)25(31)26(32)30-23-15-27-22-12-19-10-6-9-18(19)11-21(22)23/h11-12,14-15,24,27,29H,3-10,13H2,1-2H3,(H,30,32). The maximum atomic E-state index is 12.7. The number of dihydropyridines is 1. The number of nitrogens with zero attached hydrogens (tertiary/aromatic N) is 1. The van der Waals surface area contributed by atoms with Gasteiger partial charge in [0, 0.05) is 29.7 Å². The highest BCUT2D eigenvalue weighted by molar-refractivity contribution is 6.46. The van der Waals surface area contributed by atoms with Gasteiger partial charge < -0.3 is 15.6 Å². The number of carbonyl (C=O) groups is 2. The van der Waals surface area contributed by atoms with Gasteiger partial charge in [0.25, 0.3) is 11.7 Å². The van der Waals surface area contributed by atoms with Gasteiger partial charge in [0.1, 0.15) is 6.17 Å². The Kier molecular flexibility index (Phi) is 6.58. The number of Topliss-reactive ketones (excluding diaryl/α,β-unsaturated/α-hetero) is 1. The lowest BCUT2D eigenvalue weighted by Crippen LogP contribution is -2.36. The molecule has 1 amide bonds. The summed E-state index contributed by atoms with van der Waals surface area (Å²) in [4.78, 5) is 33.1. The number of ketones is 1. The predicted molar refractivity (Wildman–Crippen MR) is 130 cm³/mol. The van der Waals surface area contributed by atoms with Gasteiger partial charge in [-0.05, 0) is 60.9 Å². The summed E-state index contributed by atoms with van der Waals surface area (Å²) >= 11 is 0. The van der Waals surface area contributed by atoms with Crippen LogP contribution in [0.4, 0.5) is 5.69 Å². The van der Waals surface area contributed by atoms with E-state index in [9.17, 15) is 9.59 Å². The number of rotatable bonds is 9. The maximum absolute atomic E-state index is 12.7. The molecule has 1 aromatic heterocycles. The summed E-state index contributed by atoms with van der Waals surface area (Å²) in [6, 6.07) is 4.26. The first-order valence-corrected chi connectivity index (χ1v) is 11.7. The molecule has 1 atom stereocenters. The smallest absolute Gasteiger partial charge is 0.298 e. The molecule has 6 heteroatoms. The Labute approximate surface area is 189 Å². The van der Waals surface area contributed by atoms with E-state index in [4.69, 9.17) is 0 Å². The lowest BCUT2D eigenvalue weighted by molar-refractivity contribution is -0.132. The van der Waals surface area contributed by atoms with Crippen molar-refractivity contribution in [2.75, 3.05) is 5.32 Å². The van der Waals surface area contributed by atoms with Gasteiger partial charge >= 0.3 is 0 Å². The number of amides is 1. The molecule has 2 aromatic rings. The van der Waals surface area contributed by atoms with Crippen LogP contribution in [0.15, 0.2) is 46.7 Å². The van der Waals surface area contributed by atoms with Gasteiger partial charge in [0.15, 0.2) is 0 Å². The van der Waals surface area contributed by atoms with E-state index in [1.54, 1.807) is 6.20 Å². The molecule has 1 unspecified atom stereocenters. The zero-order chi connectivity index (χ0) is 22.7. The zero-order valence-corrected chi connectivity index (χ0v) is 19.0. The van der Waals surface area contributed by atoms with Gasteiger partial charge in [-0.25, -0.2) is 0 Å². The van der Waals surface area contributed by atoms with Gasteiger partial charge in [-0.3, -0.25) is 14.6 Å². The maximum Gasteiger partial charge on any atom is 0.298 e. The molecular weight excluding hydrogens is 400 g/mol. The molecule has 1 aliphatic heterocycles. The fourth-order valence-electron chi connectivity index (χ4n) is 4.73. The van der Waals surface area contributed by atoms with E-state index in [-0.39, 0.29) is 11.9 Å². The Morgan fingerprint density at radius 1 is 1.16 bits per heavy atom. The second-order valence-corrected chi connectivity index (χ2v) is 8.76. The molecule has 0 spiro atoms. The molecule has 6 nitrogen and oxygen atoms in total. The van der Waals surface area contributed by atoms with Crippen molar-refractivity contribution < 1.29 is 9.59 Å². The van der Waals surface area contributed by atoms with Crippen LogP contribution in [0.2, 0.25) is 0 Å². The van der Waals surface area contributed by atoms with Crippen LogP contribution in [0.1, 0.15) is 63.5 Å². The molecule has 0 radical (unpaired) electrons. The molecule has 0 saturated carbocycles. The van der Waals surface area contributed by atoms with E-state index in [1.807, 2.05) is 6.21 Å². The highest BCUT2D eigenvalue weighted by Crippen LogP contribution is 2.31. The lowest BCUT2D eigenvalue weighted by atomic mass is 9.94. The minimum atomic E-state index is -0.695. The van der Waals surface area contributed by atoms with E-state index in [0.717, 1.165) is 62.3 Å². The SMILES string of the molecule is C=C(NC1CC(CCC)=C(CCC)C=N1)C(=O)C(=O)Nc1c[nH]c2cc3c(cc12)CCC3. The highest BCUT2D eigenvalue weighted by atomic mass is 16.2. The van der Waals surface area contributed by atoms with Crippen molar-refractivity contribution in [3.63, 3.8) is 0 Å². The van der Waals surface area contributed by atoms with Crippen molar-refractivity contribution in [3.8, 4) is 0 Å². The molecule has 4 rings (SSSR count). The van der Waals surface area contributed by atoms with Gasteiger partial charge in [-0.2, -0.15) is 0 Å². The molecule has 168 valence electrons. The van der Waals surface area contributed by atoms with E-state index >= 15 is 0 Å². The van der Waals surface area contributed by atoms with E-state index in [2.05, 4.69) is 53.2 Å². The number of benzene rings is 1. The number of aromatic amines is 1. The normalized spacial score (nSPS) is 17.5. The molecule has 2 aliphatic rings. The van der Waals surface area contributed by atoms with Crippen LogP contribution in [-0.4, -0.2) is 29.1 Å². The monoisotopic (exact) mass is 432 g/mol. The Morgan fingerprint density at radius 2 is 1.91 bits per heavy atom. The van der Waals surface area contributed by atoms with Gasteiger partial charge in [0.05, 0.1) is 11.4 Å². The summed E-state index contributed by atoms with van der Waals surface area (Å²) < 4.78 is 0. The summed E-state index contributed by atoms with van der Waals surface area (Å²) in [5.41, 5.74) is 7.01.